The van der Waals surface area contributed by atoms with E-state index in [1.807, 2.05) is 0 Å². The summed E-state index contributed by atoms with van der Waals surface area (Å²) in [6.45, 7) is -6.32. The van der Waals surface area contributed by atoms with Crippen LogP contribution >= 0.6 is 0 Å². The number of benzene rings is 1. The van der Waals surface area contributed by atoms with Gasteiger partial charge in [0.1, 0.15) is 5.75 Å². The van der Waals surface area contributed by atoms with Gasteiger partial charge in [0.05, 0.1) is 7.11 Å². The van der Waals surface area contributed by atoms with Gasteiger partial charge in [-0.2, -0.15) is 0 Å². The molecular formula is C18H25NO. The zero-order chi connectivity index (χ0) is 22.5. The summed E-state index contributed by atoms with van der Waals surface area (Å²) in [5, 5.41) is 0. The average molecular weight is 281 g/mol. The molecule has 0 radical (unpaired) electrons. The number of piperidine rings is 1. The summed E-state index contributed by atoms with van der Waals surface area (Å²) in [5.74, 6) is -0.664. The Morgan fingerprint density at radius 2 is 2.45 bits per heavy atom. The molecule has 0 amide bonds. The topological polar surface area (TPSA) is 12.5 Å². The fraction of sp³-hybridized carbons (Fsp3) is 0.667. The number of likely N-dealkylation sites (N-methyl/N-ethyl adjacent to an activating group) is 1. The summed E-state index contributed by atoms with van der Waals surface area (Å²) in [6, 6.07) is 1.97. The zero-order valence-corrected chi connectivity index (χ0v) is 11.5. The van der Waals surface area contributed by atoms with Crippen molar-refractivity contribution in [3.05, 3.63) is 29.3 Å². The molecule has 1 heterocycles. The number of nitrogens with zero attached hydrogens (tertiary/aromatic N) is 1. The normalized spacial score (nSPS) is 55.4. The number of ether oxygens (including phenoxy) is 1. The van der Waals surface area contributed by atoms with Crippen LogP contribution in [-0.4, -0.2) is 31.5 Å². The maximum Gasteiger partial charge on any atom is 0.119 e. The summed E-state index contributed by atoms with van der Waals surface area (Å²) in [5.41, 5.74) is -1.23. The van der Waals surface area contributed by atoms with E-state index in [1.54, 1.807) is 6.07 Å². The molecule has 0 spiro atoms. The van der Waals surface area contributed by atoms with E-state index in [2.05, 4.69) is 0 Å². The maximum absolute atomic E-state index is 9.30. The van der Waals surface area contributed by atoms with Crippen LogP contribution in [-0.2, 0) is 11.8 Å². The fourth-order valence-electron chi connectivity index (χ4n) is 3.86. The summed E-state index contributed by atoms with van der Waals surface area (Å²) in [6.07, 6.45) is -3.64. The molecule has 1 saturated heterocycles. The molecule has 2 fully saturated rings. The van der Waals surface area contributed by atoms with Crippen LogP contribution in [0.15, 0.2) is 18.2 Å². The van der Waals surface area contributed by atoms with Crippen molar-refractivity contribution in [2.75, 3.05) is 20.6 Å². The Morgan fingerprint density at radius 1 is 1.50 bits per heavy atom. The standard InChI is InChI=1S/C18H25NO/c1-19-10-9-18-8-4-3-5-15(18)17(19)11-13-6-7-14(20-2)12-16(13)18/h6-7,12,15,17H,3-5,8-11H2,1-2H3/t15?,17-,18-/m0/s1/i1D3,9D2,10D2,11D2,17D. The first kappa shape index (κ1) is 6.00. The number of hydrogen-bond acceptors (Lipinski definition) is 2. The maximum atomic E-state index is 9.30. The lowest BCUT2D eigenvalue weighted by molar-refractivity contribution is 0.00274. The third kappa shape index (κ3) is 1.60. The minimum absolute atomic E-state index is 0.0325. The monoisotopic (exact) mass is 281 g/mol. The van der Waals surface area contributed by atoms with Crippen molar-refractivity contribution in [3.63, 3.8) is 0 Å². The predicted octanol–water partition coefficient (Wildman–Crippen LogP) is 3.38. The molecule has 1 saturated carbocycles. The van der Waals surface area contributed by atoms with Gasteiger partial charge in [-0.15, -0.1) is 0 Å². The van der Waals surface area contributed by atoms with E-state index >= 15 is 0 Å². The van der Waals surface area contributed by atoms with Gasteiger partial charge in [-0.1, -0.05) is 18.9 Å². The number of likely N-dealkylation sites (tertiary alicyclic amines) is 1. The SMILES string of the molecule is [2H]C([2H])([2H])N1C([2H])([2H])C([2H])([2H])[C@@]23CCCCC2[C@]1([2H])C([2H])([2H])c1ccc(OC)cc13. The molecular weight excluding hydrogens is 246 g/mol. The highest BCUT2D eigenvalue weighted by Gasteiger charge is 2.53. The Kier molecular flexibility index (Phi) is 1.35. The Morgan fingerprint density at radius 3 is 3.30 bits per heavy atom. The van der Waals surface area contributed by atoms with Gasteiger partial charge in [0.25, 0.3) is 0 Å². The molecule has 3 aliphatic rings. The van der Waals surface area contributed by atoms with Gasteiger partial charge in [-0.3, -0.25) is 0 Å². The summed E-state index contributed by atoms with van der Waals surface area (Å²) in [4.78, 5) is 0.203. The van der Waals surface area contributed by atoms with Crippen LogP contribution in [0.2, 0.25) is 0 Å². The van der Waals surface area contributed by atoms with E-state index in [1.165, 1.54) is 19.2 Å². The van der Waals surface area contributed by atoms with Crippen molar-refractivity contribution in [1.29, 1.82) is 0 Å². The largest absolute Gasteiger partial charge is 0.497 e. The molecule has 0 N–H and O–H groups in total. The second-order valence-electron chi connectivity index (χ2n) is 5.76. The first-order valence-electron chi connectivity index (χ1n) is 12.1. The highest BCUT2D eigenvalue weighted by Crippen LogP contribution is 2.55. The molecule has 1 aromatic carbocycles. The number of rotatable bonds is 1. The molecule has 2 nitrogen and oxygen atoms in total. The first-order chi connectivity index (χ1) is 13.6. The van der Waals surface area contributed by atoms with E-state index in [0.29, 0.717) is 24.2 Å². The Labute approximate surface area is 136 Å². The second kappa shape index (κ2) is 4.49. The van der Waals surface area contributed by atoms with E-state index in [0.717, 1.165) is 0 Å². The number of methoxy groups -OCH3 is 1. The van der Waals surface area contributed by atoms with Crippen molar-refractivity contribution in [2.24, 2.45) is 5.92 Å². The van der Waals surface area contributed by atoms with Crippen LogP contribution in [0.3, 0.4) is 0 Å². The molecule has 1 aliphatic heterocycles. The first-order valence-corrected chi connectivity index (χ1v) is 7.11. The predicted molar refractivity (Wildman–Crippen MR) is 81.4 cm³/mol. The van der Waals surface area contributed by atoms with Crippen LogP contribution < -0.4 is 4.74 Å². The summed E-state index contributed by atoms with van der Waals surface area (Å²) >= 11 is 0. The molecule has 108 valence electrons. The molecule has 1 unspecified atom stereocenters. The highest BCUT2D eigenvalue weighted by molar-refractivity contribution is 5.45. The molecule has 4 rings (SSSR count). The van der Waals surface area contributed by atoms with E-state index in [9.17, 15) is 1.37 Å². The smallest absolute Gasteiger partial charge is 0.119 e. The fourth-order valence-corrected chi connectivity index (χ4v) is 3.86. The van der Waals surface area contributed by atoms with Crippen LogP contribution in [0.5, 0.6) is 5.75 Å². The lowest BCUT2D eigenvalue weighted by Crippen LogP contribution is -2.59. The van der Waals surface area contributed by atoms with E-state index < -0.39 is 43.6 Å². The minimum Gasteiger partial charge on any atom is -0.497 e. The second-order valence-corrected chi connectivity index (χ2v) is 5.76. The summed E-state index contributed by atoms with van der Waals surface area (Å²) in [7, 11) is 1.44. The van der Waals surface area contributed by atoms with Crippen molar-refractivity contribution in [1.82, 2.24) is 4.90 Å². The lowest BCUT2D eigenvalue weighted by Gasteiger charge is -2.58. The van der Waals surface area contributed by atoms with Gasteiger partial charge in [0, 0.05) is 25.1 Å². The Bertz CT molecular complexity index is 884. The number of fused-ring (bicyclic) bond motifs is 1. The Hall–Kier alpha value is -1.02. The third-order valence-corrected chi connectivity index (χ3v) is 4.84. The minimum atomic E-state index is -3.21. The van der Waals surface area contributed by atoms with Gasteiger partial charge in [0.15, 0.2) is 0 Å². The van der Waals surface area contributed by atoms with Gasteiger partial charge in [-0.05, 0) is 68.2 Å². The van der Waals surface area contributed by atoms with Gasteiger partial charge in [-0.25, -0.2) is 0 Å². The quantitative estimate of drug-likeness (QED) is 0.782. The Balaban J connectivity index is 2.20. The third-order valence-electron chi connectivity index (χ3n) is 4.84. The van der Waals surface area contributed by atoms with Crippen LogP contribution in [0.1, 0.15) is 56.9 Å². The average Bonchev–Trinajstić information content (AvgIpc) is 2.63. The van der Waals surface area contributed by atoms with Crippen molar-refractivity contribution >= 4 is 0 Å². The van der Waals surface area contributed by atoms with Crippen LogP contribution in [0.25, 0.3) is 0 Å². The molecule has 20 heavy (non-hydrogen) atoms. The van der Waals surface area contributed by atoms with Crippen molar-refractivity contribution in [2.45, 2.75) is 49.9 Å². The van der Waals surface area contributed by atoms with E-state index in [4.69, 9.17) is 17.1 Å². The highest BCUT2D eigenvalue weighted by atomic mass is 16.5. The molecule has 1 aromatic rings. The van der Waals surface area contributed by atoms with Crippen LogP contribution in [0.4, 0.5) is 0 Å². The van der Waals surface area contributed by atoms with E-state index in [-0.39, 0.29) is 23.3 Å². The van der Waals surface area contributed by atoms with Crippen molar-refractivity contribution in [3.8, 4) is 5.75 Å². The van der Waals surface area contributed by atoms with Gasteiger partial charge >= 0.3 is 0 Å². The molecule has 2 aliphatic carbocycles. The lowest BCUT2D eigenvalue weighted by atomic mass is 9.52. The van der Waals surface area contributed by atoms with Gasteiger partial charge in [0.2, 0.25) is 0 Å². The molecule has 3 atom stereocenters. The molecule has 2 bridgehead atoms. The van der Waals surface area contributed by atoms with Crippen LogP contribution in [0, 0.1) is 5.92 Å². The zero-order valence-electron chi connectivity index (χ0n) is 21.5. The summed E-state index contributed by atoms with van der Waals surface area (Å²) < 4.78 is 91.6. The molecule has 0 aromatic heterocycles. The van der Waals surface area contributed by atoms with Crippen molar-refractivity contribution < 1.29 is 18.4 Å². The molecule has 2 heteroatoms. The number of hydrogen-bond donors (Lipinski definition) is 0. The van der Waals surface area contributed by atoms with Gasteiger partial charge < -0.3 is 9.64 Å².